The third-order valence-electron chi connectivity index (χ3n) is 5.40. The lowest BCUT2D eigenvalue weighted by Gasteiger charge is -2.30. The zero-order valence-corrected chi connectivity index (χ0v) is 16.9. The largest absolute Gasteiger partial charge is 0.347 e. The Morgan fingerprint density at radius 3 is 2.96 bits per heavy atom. The summed E-state index contributed by atoms with van der Waals surface area (Å²) >= 11 is 0. The molecule has 3 aromatic rings. The predicted octanol–water partition coefficient (Wildman–Crippen LogP) is 2.38. The highest BCUT2D eigenvalue weighted by atomic mass is 16.2. The Balaban J connectivity index is 1.68. The topological polar surface area (TPSA) is 91.2 Å². The molecule has 148 valence electrons. The Labute approximate surface area is 164 Å². The van der Waals surface area contributed by atoms with Crippen molar-refractivity contribution in [1.82, 2.24) is 35.0 Å². The van der Waals surface area contributed by atoms with E-state index in [4.69, 9.17) is 0 Å². The summed E-state index contributed by atoms with van der Waals surface area (Å²) in [6, 6.07) is 2.22. The summed E-state index contributed by atoms with van der Waals surface area (Å²) < 4.78 is 1.75. The Morgan fingerprint density at radius 2 is 2.21 bits per heavy atom. The molecular weight excluding hydrogens is 354 g/mol. The molecule has 28 heavy (non-hydrogen) atoms. The van der Waals surface area contributed by atoms with Gasteiger partial charge in [0.05, 0.1) is 5.69 Å². The number of aromatic amines is 1. The number of aryl methyl sites for hydroxylation is 1. The summed E-state index contributed by atoms with van der Waals surface area (Å²) in [6.45, 7) is 8.14. The van der Waals surface area contributed by atoms with Crippen LogP contribution in [0.15, 0.2) is 18.6 Å². The summed E-state index contributed by atoms with van der Waals surface area (Å²) in [5.41, 5.74) is 5.04. The highest BCUT2D eigenvalue weighted by Crippen LogP contribution is 2.31. The van der Waals surface area contributed by atoms with Crippen LogP contribution in [0.5, 0.6) is 0 Å². The lowest BCUT2D eigenvalue weighted by Crippen LogP contribution is -2.46. The number of likely N-dealkylation sites (N-methyl/N-ethyl adjacent to an activating group) is 1. The van der Waals surface area contributed by atoms with E-state index in [0.717, 1.165) is 54.0 Å². The average Bonchev–Trinajstić information content (AvgIpc) is 3.28. The van der Waals surface area contributed by atoms with Crippen molar-refractivity contribution in [3.63, 3.8) is 0 Å². The Kier molecular flexibility index (Phi) is 4.89. The monoisotopic (exact) mass is 381 g/mol. The molecule has 0 radical (unpaired) electrons. The third-order valence-corrected chi connectivity index (χ3v) is 5.40. The van der Waals surface area contributed by atoms with Gasteiger partial charge in [0.25, 0.3) is 5.91 Å². The van der Waals surface area contributed by atoms with Crippen molar-refractivity contribution in [3.8, 4) is 11.3 Å². The van der Waals surface area contributed by atoms with Gasteiger partial charge in [-0.2, -0.15) is 10.2 Å². The first kappa shape index (κ1) is 18.6. The predicted molar refractivity (Wildman–Crippen MR) is 107 cm³/mol. The number of piperidine rings is 1. The number of carbonyl (C=O) groups excluding carboxylic acids is 1. The zero-order chi connectivity index (χ0) is 19.8. The number of nitrogens with one attached hydrogen (secondary N) is 2. The molecule has 3 aromatic heterocycles. The zero-order valence-electron chi connectivity index (χ0n) is 16.9. The first-order valence-electron chi connectivity index (χ1n) is 9.82. The number of amides is 1. The van der Waals surface area contributed by atoms with Crippen LogP contribution in [0.25, 0.3) is 16.9 Å². The highest BCUT2D eigenvalue weighted by molar-refractivity contribution is 5.96. The second-order valence-electron chi connectivity index (χ2n) is 8.03. The SMILES string of the molecule is Cc1cc(-c2n[nH]c(C(=O)N[C@H]3CCCN(C)C3)c2C(C)C)cn2ncnc12. The standard InChI is InChI=1S/C20H27N7O/c1-12(2)16-17(14-8-13(3)19-21-11-22-27(19)9-14)24-25-18(16)20(28)23-15-6-5-7-26(4)10-15/h8-9,11-12,15H,5-7,10H2,1-4H3,(H,23,28)(H,24,25)/t15-/m0/s1. The second kappa shape index (κ2) is 7.35. The number of H-pyrrole nitrogens is 1. The molecule has 0 saturated carbocycles. The van der Waals surface area contributed by atoms with Crippen LogP contribution in [-0.4, -0.2) is 61.8 Å². The van der Waals surface area contributed by atoms with Gasteiger partial charge in [-0.1, -0.05) is 13.8 Å². The van der Waals surface area contributed by atoms with Crippen molar-refractivity contribution in [2.45, 2.75) is 45.6 Å². The first-order chi connectivity index (χ1) is 13.4. The maximum atomic E-state index is 13.0. The summed E-state index contributed by atoms with van der Waals surface area (Å²) in [7, 11) is 2.09. The van der Waals surface area contributed by atoms with Crippen LogP contribution in [0.4, 0.5) is 0 Å². The van der Waals surface area contributed by atoms with Crippen LogP contribution in [0, 0.1) is 6.92 Å². The van der Waals surface area contributed by atoms with Crippen LogP contribution < -0.4 is 5.32 Å². The first-order valence-corrected chi connectivity index (χ1v) is 9.82. The maximum absolute atomic E-state index is 13.0. The number of rotatable bonds is 4. The van der Waals surface area contributed by atoms with Gasteiger partial charge >= 0.3 is 0 Å². The van der Waals surface area contributed by atoms with Gasteiger partial charge in [0.2, 0.25) is 0 Å². The number of fused-ring (bicyclic) bond motifs is 1. The number of aromatic nitrogens is 5. The minimum atomic E-state index is -0.0821. The molecule has 1 amide bonds. The lowest BCUT2D eigenvalue weighted by molar-refractivity contribution is 0.0906. The molecule has 0 aromatic carbocycles. The fourth-order valence-corrected chi connectivity index (χ4v) is 4.07. The minimum absolute atomic E-state index is 0.0821. The summed E-state index contributed by atoms with van der Waals surface area (Å²) in [6.07, 6.45) is 5.56. The van der Waals surface area contributed by atoms with E-state index in [9.17, 15) is 4.79 Å². The van der Waals surface area contributed by atoms with Crippen molar-refractivity contribution in [1.29, 1.82) is 0 Å². The molecule has 0 aliphatic carbocycles. The van der Waals surface area contributed by atoms with E-state index in [1.165, 1.54) is 0 Å². The number of nitrogens with zero attached hydrogens (tertiary/aromatic N) is 5. The molecule has 1 aliphatic rings. The van der Waals surface area contributed by atoms with Gasteiger partial charge in [0.15, 0.2) is 5.65 Å². The molecule has 8 nitrogen and oxygen atoms in total. The quantitative estimate of drug-likeness (QED) is 0.724. The van der Waals surface area contributed by atoms with Gasteiger partial charge in [-0.15, -0.1) is 0 Å². The Morgan fingerprint density at radius 1 is 1.39 bits per heavy atom. The molecule has 1 atom stereocenters. The molecule has 8 heteroatoms. The second-order valence-corrected chi connectivity index (χ2v) is 8.03. The van der Waals surface area contributed by atoms with Gasteiger partial charge in [-0.3, -0.25) is 9.89 Å². The van der Waals surface area contributed by atoms with E-state index in [0.29, 0.717) is 5.69 Å². The van der Waals surface area contributed by atoms with Gasteiger partial charge in [0.1, 0.15) is 12.0 Å². The van der Waals surface area contributed by atoms with E-state index < -0.39 is 0 Å². The molecule has 0 bridgehead atoms. The summed E-state index contributed by atoms with van der Waals surface area (Å²) in [5, 5.41) is 14.9. The van der Waals surface area contributed by atoms with Gasteiger partial charge in [-0.25, -0.2) is 9.50 Å². The third kappa shape index (κ3) is 3.40. The number of hydrogen-bond acceptors (Lipinski definition) is 5. The van der Waals surface area contributed by atoms with Crippen LogP contribution in [0.3, 0.4) is 0 Å². The molecule has 0 spiro atoms. The minimum Gasteiger partial charge on any atom is -0.347 e. The molecule has 1 aliphatic heterocycles. The summed E-state index contributed by atoms with van der Waals surface area (Å²) in [5.74, 6) is 0.0663. The molecule has 2 N–H and O–H groups in total. The lowest BCUT2D eigenvalue weighted by atomic mass is 9.96. The van der Waals surface area contributed by atoms with Crippen LogP contribution in [0.2, 0.25) is 0 Å². The molecule has 4 heterocycles. The molecule has 4 rings (SSSR count). The van der Waals surface area contributed by atoms with Gasteiger partial charge < -0.3 is 10.2 Å². The number of hydrogen-bond donors (Lipinski definition) is 2. The highest BCUT2D eigenvalue weighted by Gasteiger charge is 2.26. The number of pyridine rings is 1. The smallest absolute Gasteiger partial charge is 0.269 e. The molecular formula is C20H27N7O. The van der Waals surface area contributed by atoms with Crippen LogP contribution in [-0.2, 0) is 0 Å². The average molecular weight is 381 g/mol. The maximum Gasteiger partial charge on any atom is 0.269 e. The van der Waals surface area contributed by atoms with Crippen molar-refractivity contribution >= 4 is 11.6 Å². The van der Waals surface area contributed by atoms with Crippen LogP contribution in [0.1, 0.15) is 54.2 Å². The molecule has 1 saturated heterocycles. The number of carbonyl (C=O) groups is 1. The van der Waals surface area contributed by atoms with Crippen molar-refractivity contribution < 1.29 is 4.79 Å². The van der Waals surface area contributed by atoms with E-state index in [1.54, 1.807) is 10.8 Å². The Hall–Kier alpha value is -2.74. The van der Waals surface area contributed by atoms with Crippen LogP contribution >= 0.6 is 0 Å². The molecule has 1 fully saturated rings. The van der Waals surface area contributed by atoms with Crippen molar-refractivity contribution in [2.24, 2.45) is 0 Å². The van der Waals surface area contributed by atoms with E-state index in [2.05, 4.69) is 51.4 Å². The molecule has 0 unspecified atom stereocenters. The van der Waals surface area contributed by atoms with Crippen molar-refractivity contribution in [2.75, 3.05) is 20.1 Å². The van der Waals surface area contributed by atoms with Gasteiger partial charge in [0, 0.05) is 29.9 Å². The normalized spacial score (nSPS) is 18.1. The van der Waals surface area contributed by atoms with Gasteiger partial charge in [-0.05, 0) is 50.9 Å². The Bertz CT molecular complexity index is 1000. The summed E-state index contributed by atoms with van der Waals surface area (Å²) in [4.78, 5) is 19.5. The van der Waals surface area contributed by atoms with E-state index in [-0.39, 0.29) is 17.9 Å². The van der Waals surface area contributed by atoms with Crippen molar-refractivity contribution in [3.05, 3.63) is 35.4 Å². The fourth-order valence-electron chi connectivity index (χ4n) is 4.07. The van der Waals surface area contributed by atoms with E-state index in [1.807, 2.05) is 19.2 Å². The van der Waals surface area contributed by atoms with E-state index >= 15 is 0 Å². The number of likely N-dealkylation sites (tertiary alicyclic amines) is 1. The fraction of sp³-hybridized carbons (Fsp3) is 0.500.